The highest BCUT2D eigenvalue weighted by Crippen LogP contribution is 2.18. The molecule has 0 aliphatic rings. The van der Waals surface area contributed by atoms with Crippen LogP contribution in [0, 0.1) is 5.41 Å². The monoisotopic (exact) mass is 235 g/mol. The van der Waals surface area contributed by atoms with E-state index in [9.17, 15) is 4.79 Å². The van der Waals surface area contributed by atoms with Crippen molar-refractivity contribution in [2.45, 2.75) is 40.3 Å². The Kier molecular flexibility index (Phi) is 4.29. The molecule has 94 valence electrons. The van der Waals surface area contributed by atoms with Crippen molar-refractivity contribution in [1.29, 1.82) is 0 Å². The first-order valence-electron chi connectivity index (χ1n) is 5.86. The normalized spacial score (nSPS) is 13.4. The third-order valence-corrected chi connectivity index (χ3v) is 3.11. The molecule has 0 aromatic heterocycles. The Bertz CT molecular complexity index is 376. The molecular weight excluding hydrogens is 214 g/mol. The molecule has 0 aliphatic heterocycles. The average molecular weight is 235 g/mol. The Morgan fingerprint density at radius 1 is 1.29 bits per heavy atom. The van der Waals surface area contributed by atoms with Crippen LogP contribution in [0.15, 0.2) is 24.3 Å². The van der Waals surface area contributed by atoms with E-state index >= 15 is 0 Å². The molecule has 3 heteroatoms. The number of benzene rings is 1. The summed E-state index contributed by atoms with van der Waals surface area (Å²) in [4.78, 5) is 10.7. The van der Waals surface area contributed by atoms with Crippen LogP contribution in [0.1, 0.15) is 43.6 Å². The van der Waals surface area contributed by atoms with Gasteiger partial charge in [-0.3, -0.25) is 0 Å². The minimum absolute atomic E-state index is 0.223. The van der Waals surface area contributed by atoms with Gasteiger partial charge in [0.05, 0.1) is 5.56 Å². The lowest BCUT2D eigenvalue weighted by molar-refractivity contribution is 0.0697. The summed E-state index contributed by atoms with van der Waals surface area (Å²) in [6, 6.07) is 7.39. The number of aromatic carboxylic acids is 1. The predicted molar refractivity (Wildman–Crippen MR) is 69.2 cm³/mol. The molecule has 0 radical (unpaired) electrons. The topological polar surface area (TPSA) is 49.3 Å². The largest absolute Gasteiger partial charge is 0.478 e. The van der Waals surface area contributed by atoms with Crippen molar-refractivity contribution < 1.29 is 9.90 Å². The fourth-order valence-corrected chi connectivity index (χ4v) is 1.34. The summed E-state index contributed by atoms with van der Waals surface area (Å²) < 4.78 is 0. The van der Waals surface area contributed by atoms with Crippen molar-refractivity contribution >= 4 is 5.97 Å². The maximum atomic E-state index is 10.7. The molecular formula is C14H21NO2. The van der Waals surface area contributed by atoms with Gasteiger partial charge in [-0.05, 0) is 30.0 Å². The van der Waals surface area contributed by atoms with Crippen LogP contribution in [0.2, 0.25) is 0 Å². The van der Waals surface area contributed by atoms with E-state index in [4.69, 9.17) is 5.11 Å². The quantitative estimate of drug-likeness (QED) is 0.843. The minimum Gasteiger partial charge on any atom is -0.478 e. The van der Waals surface area contributed by atoms with Gasteiger partial charge in [-0.1, -0.05) is 32.9 Å². The summed E-state index contributed by atoms with van der Waals surface area (Å²) in [5.74, 6) is -0.882. The van der Waals surface area contributed by atoms with Crippen LogP contribution in [0.3, 0.4) is 0 Å². The highest BCUT2D eigenvalue weighted by atomic mass is 16.4. The van der Waals surface area contributed by atoms with E-state index in [1.807, 2.05) is 12.1 Å². The van der Waals surface area contributed by atoms with Gasteiger partial charge in [0.15, 0.2) is 0 Å². The molecule has 17 heavy (non-hydrogen) atoms. The third kappa shape index (κ3) is 4.19. The molecule has 0 heterocycles. The Labute approximate surface area is 103 Å². The summed E-state index contributed by atoms with van der Waals surface area (Å²) in [7, 11) is 0. The van der Waals surface area contributed by atoms with Gasteiger partial charge < -0.3 is 10.4 Å². The van der Waals surface area contributed by atoms with Gasteiger partial charge in [0.1, 0.15) is 0 Å². The molecule has 1 atom stereocenters. The summed E-state index contributed by atoms with van der Waals surface area (Å²) in [6.07, 6.45) is 0. The summed E-state index contributed by atoms with van der Waals surface area (Å²) in [5.41, 5.74) is 1.66. The van der Waals surface area contributed by atoms with Crippen molar-refractivity contribution in [3.63, 3.8) is 0 Å². The summed E-state index contributed by atoms with van der Waals surface area (Å²) >= 11 is 0. The van der Waals surface area contributed by atoms with Crippen molar-refractivity contribution in [3.05, 3.63) is 35.4 Å². The van der Waals surface area contributed by atoms with Gasteiger partial charge in [-0.25, -0.2) is 4.79 Å². The number of carboxylic acids is 1. The van der Waals surface area contributed by atoms with E-state index in [0.717, 1.165) is 12.1 Å². The van der Waals surface area contributed by atoms with Crippen molar-refractivity contribution in [2.24, 2.45) is 5.41 Å². The van der Waals surface area contributed by atoms with Crippen LogP contribution in [0.25, 0.3) is 0 Å². The fourth-order valence-electron chi connectivity index (χ4n) is 1.34. The Morgan fingerprint density at radius 3 is 2.24 bits per heavy atom. The average Bonchev–Trinajstić information content (AvgIpc) is 2.25. The zero-order valence-electron chi connectivity index (χ0n) is 10.9. The SMILES string of the molecule is C[C@@H](NCc1ccc(C(=O)O)cc1)C(C)(C)C. The van der Waals surface area contributed by atoms with Crippen LogP contribution in [0.5, 0.6) is 0 Å². The lowest BCUT2D eigenvalue weighted by atomic mass is 9.88. The summed E-state index contributed by atoms with van der Waals surface area (Å²) in [6.45, 7) is 9.50. The fraction of sp³-hybridized carbons (Fsp3) is 0.500. The van der Waals surface area contributed by atoms with Crippen LogP contribution in [-0.4, -0.2) is 17.1 Å². The number of hydrogen-bond acceptors (Lipinski definition) is 2. The maximum absolute atomic E-state index is 10.7. The van der Waals surface area contributed by atoms with E-state index in [1.54, 1.807) is 12.1 Å². The molecule has 0 amide bonds. The number of hydrogen-bond donors (Lipinski definition) is 2. The second kappa shape index (κ2) is 5.32. The molecule has 1 aromatic rings. The molecule has 0 fully saturated rings. The van der Waals surface area contributed by atoms with E-state index in [2.05, 4.69) is 33.0 Å². The molecule has 0 bridgehead atoms. The highest BCUT2D eigenvalue weighted by molar-refractivity contribution is 5.87. The number of carbonyl (C=O) groups is 1. The maximum Gasteiger partial charge on any atom is 0.335 e. The molecule has 0 aliphatic carbocycles. The molecule has 3 nitrogen and oxygen atoms in total. The second-order valence-corrected chi connectivity index (χ2v) is 5.47. The van der Waals surface area contributed by atoms with Crippen LogP contribution in [0.4, 0.5) is 0 Å². The Balaban J connectivity index is 2.56. The molecule has 2 N–H and O–H groups in total. The Hall–Kier alpha value is -1.35. The van der Waals surface area contributed by atoms with E-state index in [-0.39, 0.29) is 5.41 Å². The lowest BCUT2D eigenvalue weighted by Gasteiger charge is -2.28. The van der Waals surface area contributed by atoms with Crippen molar-refractivity contribution in [2.75, 3.05) is 0 Å². The standard InChI is InChI=1S/C14H21NO2/c1-10(14(2,3)4)15-9-11-5-7-12(8-6-11)13(16)17/h5-8,10,15H,9H2,1-4H3,(H,16,17)/t10-/m1/s1. The highest BCUT2D eigenvalue weighted by Gasteiger charge is 2.18. The first kappa shape index (κ1) is 13.7. The van der Waals surface area contributed by atoms with Gasteiger partial charge in [-0.2, -0.15) is 0 Å². The zero-order valence-corrected chi connectivity index (χ0v) is 10.9. The first-order chi connectivity index (χ1) is 7.80. The summed E-state index contributed by atoms with van der Waals surface area (Å²) in [5, 5.41) is 12.2. The van der Waals surface area contributed by atoms with Crippen molar-refractivity contribution in [1.82, 2.24) is 5.32 Å². The molecule has 1 aromatic carbocycles. The number of rotatable bonds is 4. The molecule has 0 spiro atoms. The lowest BCUT2D eigenvalue weighted by Crippen LogP contribution is -2.37. The van der Waals surface area contributed by atoms with Crippen LogP contribution >= 0.6 is 0 Å². The van der Waals surface area contributed by atoms with Gasteiger partial charge in [0.2, 0.25) is 0 Å². The van der Waals surface area contributed by atoms with E-state index < -0.39 is 5.97 Å². The van der Waals surface area contributed by atoms with Gasteiger partial charge in [-0.15, -0.1) is 0 Å². The van der Waals surface area contributed by atoms with Crippen molar-refractivity contribution in [3.8, 4) is 0 Å². The van der Waals surface area contributed by atoms with E-state index in [1.165, 1.54) is 0 Å². The van der Waals surface area contributed by atoms with Crippen LogP contribution < -0.4 is 5.32 Å². The van der Waals surface area contributed by atoms with E-state index in [0.29, 0.717) is 11.6 Å². The van der Waals surface area contributed by atoms with Gasteiger partial charge in [0.25, 0.3) is 0 Å². The zero-order chi connectivity index (χ0) is 13.1. The minimum atomic E-state index is -0.882. The number of carboxylic acid groups (broad SMARTS) is 1. The smallest absolute Gasteiger partial charge is 0.335 e. The Morgan fingerprint density at radius 2 is 1.82 bits per heavy atom. The molecule has 0 saturated heterocycles. The van der Waals surface area contributed by atoms with Gasteiger partial charge in [0, 0.05) is 12.6 Å². The van der Waals surface area contributed by atoms with Gasteiger partial charge >= 0.3 is 5.97 Å². The number of nitrogens with one attached hydrogen (secondary N) is 1. The van der Waals surface area contributed by atoms with Crippen LogP contribution in [-0.2, 0) is 6.54 Å². The first-order valence-corrected chi connectivity index (χ1v) is 5.86. The predicted octanol–water partition coefficient (Wildman–Crippen LogP) is 2.91. The third-order valence-electron chi connectivity index (χ3n) is 3.11. The molecule has 0 saturated carbocycles. The second-order valence-electron chi connectivity index (χ2n) is 5.47. The molecule has 1 rings (SSSR count). The molecule has 0 unspecified atom stereocenters.